The van der Waals surface area contributed by atoms with Crippen LogP contribution >= 0.6 is 11.3 Å². The fourth-order valence-corrected chi connectivity index (χ4v) is 4.34. The number of ether oxygens (including phenoxy) is 1. The third kappa shape index (κ3) is 6.16. The fraction of sp³-hybridized carbons (Fsp3) is 0.435. The second-order valence-corrected chi connectivity index (χ2v) is 9.46. The third-order valence-corrected chi connectivity index (χ3v) is 6.29. The molecule has 0 unspecified atom stereocenters. The standard InChI is InChI=1S/C23H31N3O5S/c1-22(2,31-3)13-25-12-16-6-4-5-15(11-16)9-10-24-14-23(29,30)17-7-8-18(27)19-20(17)32-21(28)26-19/h4-8,11,24-25,27,29-30H,9-10,12-14H2,1-3H3,(H,26,28). The maximum absolute atomic E-state index is 11.7. The molecule has 2 aromatic carbocycles. The number of aromatic amines is 1. The maximum Gasteiger partial charge on any atom is 0.305 e. The van der Waals surface area contributed by atoms with Crippen molar-refractivity contribution >= 4 is 21.6 Å². The van der Waals surface area contributed by atoms with Gasteiger partial charge in [0.25, 0.3) is 0 Å². The van der Waals surface area contributed by atoms with Crippen LogP contribution < -0.4 is 15.5 Å². The number of aromatic hydroxyl groups is 1. The molecule has 32 heavy (non-hydrogen) atoms. The first kappa shape index (κ1) is 24.4. The van der Waals surface area contributed by atoms with Crippen molar-refractivity contribution in [2.45, 2.75) is 38.2 Å². The second-order valence-electron chi connectivity index (χ2n) is 8.48. The molecule has 0 amide bonds. The predicted molar refractivity (Wildman–Crippen MR) is 126 cm³/mol. The van der Waals surface area contributed by atoms with Crippen LogP contribution in [0.4, 0.5) is 0 Å². The van der Waals surface area contributed by atoms with E-state index in [4.69, 9.17) is 4.74 Å². The van der Waals surface area contributed by atoms with Gasteiger partial charge < -0.3 is 35.7 Å². The van der Waals surface area contributed by atoms with E-state index in [-0.39, 0.29) is 33.8 Å². The van der Waals surface area contributed by atoms with E-state index < -0.39 is 5.79 Å². The van der Waals surface area contributed by atoms with Gasteiger partial charge in [0.1, 0.15) is 11.3 Å². The van der Waals surface area contributed by atoms with Crippen LogP contribution in [0.25, 0.3) is 10.2 Å². The van der Waals surface area contributed by atoms with Crippen molar-refractivity contribution in [3.8, 4) is 5.75 Å². The smallest absolute Gasteiger partial charge is 0.305 e. The van der Waals surface area contributed by atoms with Crippen LogP contribution in [0.15, 0.2) is 41.2 Å². The fourth-order valence-electron chi connectivity index (χ4n) is 3.40. The lowest BCUT2D eigenvalue weighted by atomic mass is 10.0. The molecule has 0 bridgehead atoms. The largest absolute Gasteiger partial charge is 0.506 e. The molecule has 9 heteroatoms. The summed E-state index contributed by atoms with van der Waals surface area (Å²) in [5, 5.41) is 37.5. The lowest BCUT2D eigenvalue weighted by Gasteiger charge is -2.23. The van der Waals surface area contributed by atoms with Crippen molar-refractivity contribution in [1.29, 1.82) is 0 Å². The molecule has 174 valence electrons. The molecule has 0 aliphatic heterocycles. The molecule has 6 N–H and O–H groups in total. The summed E-state index contributed by atoms with van der Waals surface area (Å²) in [6.07, 6.45) is 0.718. The maximum atomic E-state index is 11.7. The van der Waals surface area contributed by atoms with Gasteiger partial charge >= 0.3 is 4.87 Å². The summed E-state index contributed by atoms with van der Waals surface area (Å²) >= 11 is 0.834. The Morgan fingerprint density at radius 3 is 2.59 bits per heavy atom. The van der Waals surface area contributed by atoms with E-state index in [0.717, 1.165) is 36.4 Å². The molecule has 1 heterocycles. The Morgan fingerprint density at radius 2 is 1.84 bits per heavy atom. The van der Waals surface area contributed by atoms with Crippen LogP contribution in [0.3, 0.4) is 0 Å². The average molecular weight is 462 g/mol. The van der Waals surface area contributed by atoms with Gasteiger partial charge in [-0.25, -0.2) is 0 Å². The number of aliphatic hydroxyl groups is 2. The van der Waals surface area contributed by atoms with Gasteiger partial charge in [-0.1, -0.05) is 35.6 Å². The number of nitrogens with one attached hydrogen (secondary N) is 3. The molecule has 1 aromatic heterocycles. The van der Waals surface area contributed by atoms with Crippen molar-refractivity contribution in [2.24, 2.45) is 0 Å². The zero-order valence-corrected chi connectivity index (χ0v) is 19.4. The summed E-state index contributed by atoms with van der Waals surface area (Å²) in [4.78, 5) is 13.8. The average Bonchev–Trinajstić information content (AvgIpc) is 3.13. The summed E-state index contributed by atoms with van der Waals surface area (Å²) < 4.78 is 5.75. The number of phenols is 1. The topological polar surface area (TPSA) is 127 Å². The number of thiazole rings is 1. The van der Waals surface area contributed by atoms with Gasteiger partial charge in [0, 0.05) is 25.8 Å². The Hall–Kier alpha value is -2.27. The van der Waals surface area contributed by atoms with Crippen molar-refractivity contribution in [2.75, 3.05) is 26.7 Å². The predicted octanol–water partition coefficient (Wildman–Crippen LogP) is 1.78. The van der Waals surface area contributed by atoms with Gasteiger partial charge in [0.05, 0.1) is 16.8 Å². The first-order chi connectivity index (χ1) is 15.1. The normalized spacial score (nSPS) is 12.5. The van der Waals surface area contributed by atoms with Crippen molar-refractivity contribution in [1.82, 2.24) is 15.6 Å². The van der Waals surface area contributed by atoms with Gasteiger partial charge in [0.2, 0.25) is 5.79 Å². The van der Waals surface area contributed by atoms with Crippen LogP contribution in [0, 0.1) is 0 Å². The minimum atomic E-state index is -2.18. The second kappa shape index (κ2) is 10.1. The molecule has 8 nitrogen and oxygen atoms in total. The van der Waals surface area contributed by atoms with E-state index in [1.165, 1.54) is 17.7 Å². The minimum Gasteiger partial charge on any atom is -0.506 e. The van der Waals surface area contributed by atoms with E-state index in [1.807, 2.05) is 26.0 Å². The molecule has 0 fully saturated rings. The van der Waals surface area contributed by atoms with Crippen LogP contribution in [0.2, 0.25) is 0 Å². The van der Waals surface area contributed by atoms with Gasteiger partial charge in [-0.15, -0.1) is 0 Å². The Kier molecular flexibility index (Phi) is 7.71. The van der Waals surface area contributed by atoms with E-state index >= 15 is 0 Å². The first-order valence-electron chi connectivity index (χ1n) is 10.5. The first-order valence-corrected chi connectivity index (χ1v) is 11.3. The summed E-state index contributed by atoms with van der Waals surface area (Å²) in [7, 11) is 1.70. The number of phenolic OH excluding ortho intramolecular Hbond substituents is 1. The van der Waals surface area contributed by atoms with E-state index in [1.54, 1.807) is 7.11 Å². The van der Waals surface area contributed by atoms with E-state index in [0.29, 0.717) is 11.2 Å². The van der Waals surface area contributed by atoms with Crippen LogP contribution in [0.5, 0.6) is 5.75 Å². The van der Waals surface area contributed by atoms with Gasteiger partial charge in [-0.05, 0) is 50.1 Å². The Morgan fingerprint density at radius 1 is 1.09 bits per heavy atom. The number of fused-ring (bicyclic) bond motifs is 1. The molecule has 0 atom stereocenters. The molecular weight excluding hydrogens is 430 g/mol. The summed E-state index contributed by atoms with van der Waals surface area (Å²) in [5.41, 5.74) is 2.47. The number of methoxy groups -OCH3 is 1. The monoisotopic (exact) mass is 461 g/mol. The molecular formula is C23H31N3O5S. The van der Waals surface area contributed by atoms with Crippen molar-refractivity contribution < 1.29 is 20.1 Å². The lowest BCUT2D eigenvalue weighted by molar-refractivity contribution is -0.164. The summed E-state index contributed by atoms with van der Waals surface area (Å²) in [5.74, 6) is -2.29. The number of benzene rings is 2. The number of hydrogen-bond donors (Lipinski definition) is 6. The zero-order chi connectivity index (χ0) is 23.4. The number of H-pyrrole nitrogens is 1. The van der Waals surface area contributed by atoms with Crippen molar-refractivity contribution in [3.05, 3.63) is 62.8 Å². The highest BCUT2D eigenvalue weighted by atomic mass is 32.1. The Balaban J connectivity index is 1.54. The highest BCUT2D eigenvalue weighted by Gasteiger charge is 2.29. The quantitative estimate of drug-likeness (QED) is 0.190. The Labute approximate surface area is 190 Å². The summed E-state index contributed by atoms with van der Waals surface area (Å²) in [6.45, 7) is 5.97. The summed E-state index contributed by atoms with van der Waals surface area (Å²) in [6, 6.07) is 11.0. The molecule has 3 aromatic rings. The highest BCUT2D eigenvalue weighted by molar-refractivity contribution is 7.16. The van der Waals surface area contributed by atoms with Crippen LogP contribution in [-0.4, -0.2) is 52.6 Å². The SMILES string of the molecule is COC(C)(C)CNCc1cccc(CCNCC(O)(O)c2ccc(O)c3[nH]c(=O)sc23)c1. The Bertz CT molecular complexity index is 1110. The van der Waals surface area contributed by atoms with Crippen LogP contribution in [-0.2, 0) is 23.5 Å². The molecule has 0 radical (unpaired) electrons. The van der Waals surface area contributed by atoms with Gasteiger partial charge in [-0.3, -0.25) is 4.79 Å². The number of rotatable bonds is 11. The number of aromatic nitrogens is 1. The highest BCUT2D eigenvalue weighted by Crippen LogP contribution is 2.32. The van der Waals surface area contributed by atoms with E-state index in [2.05, 4.69) is 27.8 Å². The van der Waals surface area contributed by atoms with Gasteiger partial charge in [0.15, 0.2) is 0 Å². The molecule has 0 aliphatic carbocycles. The third-order valence-electron chi connectivity index (χ3n) is 5.37. The molecule has 3 rings (SSSR count). The van der Waals surface area contributed by atoms with Crippen molar-refractivity contribution in [3.63, 3.8) is 0 Å². The zero-order valence-electron chi connectivity index (χ0n) is 18.6. The van der Waals surface area contributed by atoms with Gasteiger partial charge in [-0.2, -0.15) is 0 Å². The lowest BCUT2D eigenvalue weighted by Crippen LogP contribution is -2.38. The molecule has 0 saturated carbocycles. The van der Waals surface area contributed by atoms with E-state index in [9.17, 15) is 20.1 Å². The van der Waals surface area contributed by atoms with Crippen LogP contribution in [0.1, 0.15) is 30.5 Å². The minimum absolute atomic E-state index is 0.106. The molecule has 0 aliphatic rings. The molecule has 0 spiro atoms. The molecule has 0 saturated heterocycles. The number of hydrogen-bond acceptors (Lipinski definition) is 8.